The fourth-order valence-electron chi connectivity index (χ4n) is 4.03. The predicted molar refractivity (Wildman–Crippen MR) is 151 cm³/mol. The van der Waals surface area contributed by atoms with Crippen LogP contribution in [0.4, 0.5) is 0 Å². The molecule has 5 heteroatoms. The number of unbranched alkanes of at least 4 members (excludes halogenated alkanes) is 6. The highest BCUT2D eigenvalue weighted by atomic mass is 35.5. The van der Waals surface area contributed by atoms with Crippen molar-refractivity contribution in [2.45, 2.75) is 83.4 Å². The molecule has 3 aromatic rings. The zero-order valence-corrected chi connectivity index (χ0v) is 22.7. The monoisotopic (exact) mass is 508 g/mol. The van der Waals surface area contributed by atoms with Crippen LogP contribution in [0.1, 0.15) is 78.1 Å². The van der Waals surface area contributed by atoms with Crippen molar-refractivity contribution in [2.75, 3.05) is 13.2 Å². The number of benzene rings is 2. The molecule has 0 aliphatic rings. The molecule has 1 aromatic heterocycles. The Labute approximate surface area is 222 Å². The van der Waals surface area contributed by atoms with Crippen LogP contribution < -0.4 is 9.47 Å². The Bertz CT molecular complexity index is 975. The fourth-order valence-corrected chi connectivity index (χ4v) is 4.18. The van der Waals surface area contributed by atoms with E-state index in [-0.39, 0.29) is 5.38 Å². The maximum Gasteiger partial charge on any atom is 0.159 e. The summed E-state index contributed by atoms with van der Waals surface area (Å²) in [6, 6.07) is 16.6. The van der Waals surface area contributed by atoms with Crippen molar-refractivity contribution < 1.29 is 9.47 Å². The molecule has 0 saturated carbocycles. The topological polar surface area (TPSA) is 44.2 Å². The molecule has 1 heterocycles. The second kappa shape index (κ2) is 16.2. The smallest absolute Gasteiger partial charge is 0.159 e. The molecule has 0 amide bonds. The van der Waals surface area contributed by atoms with Gasteiger partial charge in [-0.05, 0) is 55.4 Å². The van der Waals surface area contributed by atoms with Crippen molar-refractivity contribution in [3.05, 3.63) is 60.9 Å². The van der Waals surface area contributed by atoms with Gasteiger partial charge in [-0.15, -0.1) is 11.6 Å². The first-order valence-electron chi connectivity index (χ1n) is 13.6. The van der Waals surface area contributed by atoms with E-state index >= 15 is 0 Å². The number of nitrogens with zero attached hydrogens (tertiary/aromatic N) is 2. The van der Waals surface area contributed by atoms with E-state index in [1.165, 1.54) is 32.1 Å². The molecule has 3 rings (SSSR count). The van der Waals surface area contributed by atoms with Gasteiger partial charge in [0, 0.05) is 10.9 Å². The van der Waals surface area contributed by atoms with E-state index in [1.54, 1.807) is 12.4 Å². The number of halogens is 1. The van der Waals surface area contributed by atoms with E-state index in [0.717, 1.165) is 73.5 Å². The van der Waals surface area contributed by atoms with Gasteiger partial charge in [0.15, 0.2) is 11.6 Å². The molecular formula is C31H41ClN2O2. The van der Waals surface area contributed by atoms with Crippen LogP contribution in [0.2, 0.25) is 0 Å². The van der Waals surface area contributed by atoms with Crippen LogP contribution in [0.5, 0.6) is 11.5 Å². The molecule has 0 aliphatic carbocycles. The fraction of sp³-hybridized carbons (Fsp3) is 0.484. The maximum absolute atomic E-state index is 6.17. The van der Waals surface area contributed by atoms with Gasteiger partial charge in [-0.2, -0.15) is 0 Å². The molecule has 36 heavy (non-hydrogen) atoms. The summed E-state index contributed by atoms with van der Waals surface area (Å²) in [4.78, 5) is 9.00. The largest absolute Gasteiger partial charge is 0.494 e. The molecule has 0 N–H and O–H groups in total. The van der Waals surface area contributed by atoms with Crippen LogP contribution in [-0.2, 0) is 0 Å². The molecule has 0 fully saturated rings. The number of hydrogen-bond acceptors (Lipinski definition) is 4. The van der Waals surface area contributed by atoms with Crippen molar-refractivity contribution in [3.8, 4) is 34.0 Å². The number of hydrogen-bond donors (Lipinski definition) is 0. The summed E-state index contributed by atoms with van der Waals surface area (Å²) in [5, 5.41) is 0.287. The third-order valence-corrected chi connectivity index (χ3v) is 6.88. The van der Waals surface area contributed by atoms with Crippen molar-refractivity contribution in [3.63, 3.8) is 0 Å². The van der Waals surface area contributed by atoms with E-state index < -0.39 is 0 Å². The van der Waals surface area contributed by atoms with E-state index in [4.69, 9.17) is 21.1 Å². The van der Waals surface area contributed by atoms with Crippen molar-refractivity contribution in [1.82, 2.24) is 9.97 Å². The van der Waals surface area contributed by atoms with E-state index in [0.29, 0.717) is 5.82 Å². The van der Waals surface area contributed by atoms with Crippen LogP contribution >= 0.6 is 11.6 Å². The first kappa shape index (κ1) is 28.0. The minimum absolute atomic E-state index is 0.287. The summed E-state index contributed by atoms with van der Waals surface area (Å²) in [5.41, 5.74) is 3.29. The molecule has 2 aromatic carbocycles. The van der Waals surface area contributed by atoms with Crippen LogP contribution in [0, 0.1) is 0 Å². The third-order valence-electron chi connectivity index (χ3n) is 6.35. The van der Waals surface area contributed by atoms with E-state index in [2.05, 4.69) is 60.2 Å². The average molecular weight is 509 g/mol. The standard InChI is InChI=1S/C31H41ClN2O2/c1-3-5-6-7-8-10-21-36-30-23-33-31(34-24-30)27-15-13-25(14-16-27)26-17-19-29(20-18-26)35-22-11-9-12-28(32)4-2/h13-20,23-24,28H,3-12,21-22H2,1-2H3/t28-/m0/s1. The molecule has 0 unspecified atom stereocenters. The lowest BCUT2D eigenvalue weighted by atomic mass is 10.0. The molecule has 0 aliphatic heterocycles. The van der Waals surface area contributed by atoms with Crippen LogP contribution in [-0.4, -0.2) is 28.6 Å². The van der Waals surface area contributed by atoms with Gasteiger partial charge in [0.25, 0.3) is 0 Å². The zero-order valence-electron chi connectivity index (χ0n) is 21.9. The highest BCUT2D eigenvalue weighted by molar-refractivity contribution is 6.20. The second-order valence-electron chi connectivity index (χ2n) is 9.31. The molecule has 1 atom stereocenters. The molecule has 0 bridgehead atoms. The Morgan fingerprint density at radius 1 is 0.639 bits per heavy atom. The molecular weight excluding hydrogens is 468 g/mol. The maximum atomic E-state index is 6.17. The summed E-state index contributed by atoms with van der Waals surface area (Å²) in [6.07, 6.45) is 15.3. The quantitative estimate of drug-likeness (QED) is 0.135. The summed E-state index contributed by atoms with van der Waals surface area (Å²) < 4.78 is 11.7. The molecule has 0 radical (unpaired) electrons. The number of rotatable bonds is 17. The van der Waals surface area contributed by atoms with E-state index in [9.17, 15) is 0 Å². The van der Waals surface area contributed by atoms with Gasteiger partial charge >= 0.3 is 0 Å². The Hall–Kier alpha value is -2.59. The zero-order chi connectivity index (χ0) is 25.4. The van der Waals surface area contributed by atoms with Gasteiger partial charge in [0.2, 0.25) is 0 Å². The van der Waals surface area contributed by atoms with Gasteiger partial charge in [-0.1, -0.05) is 82.3 Å². The number of aromatic nitrogens is 2. The minimum Gasteiger partial charge on any atom is -0.494 e. The minimum atomic E-state index is 0.287. The highest BCUT2D eigenvalue weighted by Gasteiger charge is 2.05. The molecule has 4 nitrogen and oxygen atoms in total. The molecule has 194 valence electrons. The van der Waals surface area contributed by atoms with Crippen LogP contribution in [0.25, 0.3) is 22.5 Å². The summed E-state index contributed by atoms with van der Waals surface area (Å²) in [7, 11) is 0. The third kappa shape index (κ3) is 9.81. The Morgan fingerprint density at radius 2 is 1.17 bits per heavy atom. The summed E-state index contributed by atoms with van der Waals surface area (Å²) >= 11 is 6.17. The van der Waals surface area contributed by atoms with Gasteiger partial charge in [0.1, 0.15) is 5.75 Å². The lowest BCUT2D eigenvalue weighted by Crippen LogP contribution is -2.00. The number of ether oxygens (including phenoxy) is 2. The second-order valence-corrected chi connectivity index (χ2v) is 9.93. The Morgan fingerprint density at radius 3 is 1.81 bits per heavy atom. The van der Waals surface area contributed by atoms with Gasteiger partial charge in [-0.25, -0.2) is 9.97 Å². The molecule has 0 spiro atoms. The Kier molecular flexibility index (Phi) is 12.6. The Balaban J connectivity index is 1.43. The first-order chi connectivity index (χ1) is 17.7. The lowest BCUT2D eigenvalue weighted by Gasteiger charge is -2.09. The number of alkyl halides is 1. The van der Waals surface area contributed by atoms with E-state index in [1.807, 2.05) is 12.1 Å². The lowest BCUT2D eigenvalue weighted by molar-refractivity contribution is 0.302. The van der Waals surface area contributed by atoms with Gasteiger partial charge in [0.05, 0.1) is 25.6 Å². The van der Waals surface area contributed by atoms with Crippen molar-refractivity contribution in [2.24, 2.45) is 0 Å². The van der Waals surface area contributed by atoms with Gasteiger partial charge < -0.3 is 9.47 Å². The highest BCUT2D eigenvalue weighted by Crippen LogP contribution is 2.25. The molecule has 0 saturated heterocycles. The van der Waals surface area contributed by atoms with Crippen LogP contribution in [0.15, 0.2) is 60.9 Å². The SMILES string of the molecule is CCCCCCCCOc1cnc(-c2ccc(-c3ccc(OCCCC[C@@H](Cl)CC)cc3)cc2)nc1. The average Bonchev–Trinajstić information content (AvgIpc) is 2.93. The normalized spacial score (nSPS) is 11.9. The van der Waals surface area contributed by atoms with Gasteiger partial charge in [-0.3, -0.25) is 0 Å². The van der Waals surface area contributed by atoms with Crippen molar-refractivity contribution >= 4 is 11.6 Å². The summed E-state index contributed by atoms with van der Waals surface area (Å²) in [6.45, 7) is 5.82. The van der Waals surface area contributed by atoms with Crippen molar-refractivity contribution in [1.29, 1.82) is 0 Å². The predicted octanol–water partition coefficient (Wildman–Crippen LogP) is 9.12. The first-order valence-corrected chi connectivity index (χ1v) is 14.1. The van der Waals surface area contributed by atoms with Crippen LogP contribution in [0.3, 0.4) is 0 Å². The summed E-state index contributed by atoms with van der Waals surface area (Å²) in [5.74, 6) is 2.34.